The molecule has 0 aliphatic heterocycles. The van der Waals surface area contributed by atoms with Crippen LogP contribution in [0.15, 0.2) is 69.4 Å². The molecule has 0 spiro atoms. The lowest BCUT2D eigenvalue weighted by molar-refractivity contribution is -0.118. The number of hydrogen-bond acceptors (Lipinski definition) is 4. The van der Waals surface area contributed by atoms with E-state index in [2.05, 4.69) is 10.1 Å². The first kappa shape index (κ1) is 16.5. The first-order valence-electron chi connectivity index (χ1n) is 8.19. The van der Waals surface area contributed by atoms with Crippen LogP contribution in [0.4, 0.5) is 0 Å². The number of rotatable bonds is 4. The van der Waals surface area contributed by atoms with E-state index >= 15 is 0 Å². The molecule has 0 aliphatic rings. The Bertz CT molecular complexity index is 1330. The van der Waals surface area contributed by atoms with Gasteiger partial charge >= 0.3 is 5.69 Å². The maximum Gasteiger partial charge on any atom is 0.349 e. The molecule has 0 atom stereocenters. The van der Waals surface area contributed by atoms with Crippen molar-refractivity contribution < 1.29 is 4.79 Å². The minimum Gasteiger partial charge on any atom is -0.368 e. The van der Waals surface area contributed by atoms with E-state index in [1.54, 1.807) is 35.0 Å². The third kappa shape index (κ3) is 2.93. The second kappa shape index (κ2) is 6.41. The summed E-state index contributed by atoms with van der Waals surface area (Å²) in [5, 5.41) is 5.27. The van der Waals surface area contributed by atoms with Crippen LogP contribution >= 0.6 is 0 Å². The fourth-order valence-electron chi connectivity index (χ4n) is 3.05. The van der Waals surface area contributed by atoms with Crippen LogP contribution in [0, 0.1) is 0 Å². The van der Waals surface area contributed by atoms with Gasteiger partial charge in [-0.1, -0.05) is 30.3 Å². The quantitative estimate of drug-likeness (QED) is 0.529. The van der Waals surface area contributed by atoms with Crippen LogP contribution < -0.4 is 17.0 Å². The van der Waals surface area contributed by atoms with Gasteiger partial charge in [-0.15, -0.1) is 4.68 Å². The fourth-order valence-corrected chi connectivity index (χ4v) is 3.05. The lowest BCUT2D eigenvalue weighted by Crippen LogP contribution is -2.32. The predicted molar refractivity (Wildman–Crippen MR) is 103 cm³/mol. The van der Waals surface area contributed by atoms with Gasteiger partial charge in [-0.2, -0.15) is 5.10 Å². The molecule has 2 aromatic heterocycles. The lowest BCUT2D eigenvalue weighted by Gasteiger charge is -2.00. The molecule has 0 unspecified atom stereocenters. The molecular weight excluding hydrogens is 346 g/mol. The van der Waals surface area contributed by atoms with Crippen molar-refractivity contribution in [1.29, 1.82) is 0 Å². The van der Waals surface area contributed by atoms with Crippen molar-refractivity contribution in [2.45, 2.75) is 6.54 Å². The maximum absolute atomic E-state index is 12.5. The smallest absolute Gasteiger partial charge is 0.349 e. The number of aromatic amines is 1. The van der Waals surface area contributed by atoms with E-state index in [9.17, 15) is 14.4 Å². The summed E-state index contributed by atoms with van der Waals surface area (Å²) in [5.41, 5.74) is 6.08. The van der Waals surface area contributed by atoms with Crippen LogP contribution in [0.3, 0.4) is 0 Å². The number of nitrogens with zero attached hydrogens (tertiary/aromatic N) is 3. The van der Waals surface area contributed by atoms with Crippen molar-refractivity contribution in [3.63, 3.8) is 0 Å². The molecule has 1 amide bonds. The maximum atomic E-state index is 12.5. The molecule has 2 aromatic carbocycles. The average molecular weight is 361 g/mol. The van der Waals surface area contributed by atoms with Gasteiger partial charge in [-0.05, 0) is 18.2 Å². The zero-order chi connectivity index (χ0) is 19.0. The molecule has 134 valence electrons. The van der Waals surface area contributed by atoms with Crippen LogP contribution in [0.5, 0.6) is 0 Å². The molecule has 3 N–H and O–H groups in total. The molecule has 0 radical (unpaired) electrons. The summed E-state index contributed by atoms with van der Waals surface area (Å²) in [4.78, 5) is 38.7. The number of H-pyrrole nitrogens is 1. The number of carbonyl (C=O) groups is 1. The van der Waals surface area contributed by atoms with Gasteiger partial charge in [0, 0.05) is 22.7 Å². The van der Waals surface area contributed by atoms with E-state index in [0.717, 1.165) is 15.6 Å². The summed E-state index contributed by atoms with van der Waals surface area (Å²) < 4.78 is 2.48. The van der Waals surface area contributed by atoms with Crippen molar-refractivity contribution in [3.8, 4) is 0 Å². The molecule has 8 heteroatoms. The lowest BCUT2D eigenvalue weighted by atomic mass is 10.2. The summed E-state index contributed by atoms with van der Waals surface area (Å²) in [7, 11) is 0. The van der Waals surface area contributed by atoms with Gasteiger partial charge in [0.05, 0.1) is 17.1 Å². The Balaban J connectivity index is 1.85. The van der Waals surface area contributed by atoms with E-state index in [4.69, 9.17) is 5.73 Å². The number of aromatic nitrogens is 3. The molecule has 27 heavy (non-hydrogen) atoms. The Kier molecular flexibility index (Phi) is 3.92. The highest BCUT2D eigenvalue weighted by atomic mass is 16.2. The van der Waals surface area contributed by atoms with Gasteiger partial charge in [0.25, 0.3) is 5.56 Å². The second-order valence-corrected chi connectivity index (χ2v) is 6.03. The minimum atomic E-state index is -0.629. The molecule has 4 aromatic rings. The zero-order valence-corrected chi connectivity index (χ0v) is 14.1. The number of nitrogens with two attached hydrogens (primary N) is 1. The standard InChI is InChI=1S/C19H15N5O3/c20-17(25)11-23-10-12(13-5-2-4-8-16(13)23)9-21-24-18(26)14-6-1-3-7-15(14)22-19(24)27/h1-10H,11H2,(H2,20,25)(H,22,27). The summed E-state index contributed by atoms with van der Waals surface area (Å²) in [5.74, 6) is -0.471. The van der Waals surface area contributed by atoms with Crippen molar-refractivity contribution >= 4 is 33.9 Å². The molecule has 0 fully saturated rings. The van der Waals surface area contributed by atoms with E-state index in [1.807, 2.05) is 24.3 Å². The summed E-state index contributed by atoms with van der Waals surface area (Å²) >= 11 is 0. The van der Waals surface area contributed by atoms with Gasteiger partial charge in [-0.25, -0.2) is 4.79 Å². The largest absolute Gasteiger partial charge is 0.368 e. The van der Waals surface area contributed by atoms with Crippen molar-refractivity contribution in [2.75, 3.05) is 0 Å². The highest BCUT2D eigenvalue weighted by Gasteiger charge is 2.09. The van der Waals surface area contributed by atoms with Crippen LogP contribution in [-0.4, -0.2) is 26.3 Å². The monoisotopic (exact) mass is 361 g/mol. The van der Waals surface area contributed by atoms with Crippen LogP contribution in [0.2, 0.25) is 0 Å². The number of benzene rings is 2. The first-order valence-corrected chi connectivity index (χ1v) is 8.19. The molecular formula is C19H15N5O3. The molecule has 0 bridgehead atoms. The van der Waals surface area contributed by atoms with E-state index in [-0.39, 0.29) is 6.54 Å². The third-order valence-corrected chi connectivity index (χ3v) is 4.24. The predicted octanol–water partition coefficient (Wildman–Crippen LogP) is 1.01. The number of fused-ring (bicyclic) bond motifs is 2. The van der Waals surface area contributed by atoms with Crippen LogP contribution in [-0.2, 0) is 11.3 Å². The normalized spacial score (nSPS) is 11.6. The summed E-state index contributed by atoms with van der Waals surface area (Å²) in [6.45, 7) is 0.0187. The van der Waals surface area contributed by atoms with Crippen molar-refractivity contribution in [2.24, 2.45) is 10.8 Å². The third-order valence-electron chi connectivity index (χ3n) is 4.24. The van der Waals surface area contributed by atoms with E-state index in [1.165, 1.54) is 6.21 Å². The van der Waals surface area contributed by atoms with E-state index in [0.29, 0.717) is 16.5 Å². The number of hydrogen-bond donors (Lipinski definition) is 2. The molecule has 0 saturated heterocycles. The van der Waals surface area contributed by atoms with E-state index < -0.39 is 17.2 Å². The van der Waals surface area contributed by atoms with Gasteiger partial charge in [-0.3, -0.25) is 9.59 Å². The molecule has 8 nitrogen and oxygen atoms in total. The van der Waals surface area contributed by atoms with Crippen molar-refractivity contribution in [3.05, 3.63) is 81.1 Å². The summed E-state index contributed by atoms with van der Waals surface area (Å²) in [6, 6.07) is 14.1. The first-order chi connectivity index (χ1) is 13.0. The molecule has 2 heterocycles. The van der Waals surface area contributed by atoms with Crippen molar-refractivity contribution in [1.82, 2.24) is 14.2 Å². The molecule has 4 rings (SSSR count). The number of nitrogens with one attached hydrogen (secondary N) is 1. The van der Waals surface area contributed by atoms with Gasteiger partial charge in [0.1, 0.15) is 6.54 Å². The zero-order valence-electron chi connectivity index (χ0n) is 14.1. The highest BCUT2D eigenvalue weighted by molar-refractivity contribution is 5.99. The Morgan fingerprint density at radius 3 is 2.56 bits per heavy atom. The molecule has 0 aliphatic carbocycles. The SMILES string of the molecule is NC(=O)Cn1cc(C=Nn2c(=O)[nH]c3ccccc3c2=O)c2ccccc21. The van der Waals surface area contributed by atoms with Gasteiger partial charge in [0.2, 0.25) is 5.91 Å². The highest BCUT2D eigenvalue weighted by Crippen LogP contribution is 2.19. The number of carbonyl (C=O) groups excluding carboxylic acids is 1. The van der Waals surface area contributed by atoms with Gasteiger partial charge < -0.3 is 15.3 Å². The second-order valence-electron chi connectivity index (χ2n) is 6.03. The Morgan fingerprint density at radius 2 is 1.78 bits per heavy atom. The van der Waals surface area contributed by atoms with Crippen LogP contribution in [0.1, 0.15) is 5.56 Å². The molecule has 0 saturated carbocycles. The Hall–Kier alpha value is -3.94. The van der Waals surface area contributed by atoms with Gasteiger partial charge in [0.15, 0.2) is 0 Å². The Morgan fingerprint density at radius 1 is 1.07 bits per heavy atom. The number of primary amides is 1. The number of para-hydroxylation sites is 2. The van der Waals surface area contributed by atoms with Crippen LogP contribution in [0.25, 0.3) is 21.8 Å². The topological polar surface area (TPSA) is 115 Å². The summed E-state index contributed by atoms with van der Waals surface area (Å²) in [6.07, 6.45) is 3.13. The average Bonchev–Trinajstić information content (AvgIpc) is 2.99. The minimum absolute atomic E-state index is 0.0187. The number of amides is 1. The fraction of sp³-hybridized carbons (Fsp3) is 0.0526. The Labute approximate surface area is 152 Å².